The fourth-order valence-electron chi connectivity index (χ4n) is 7.02. The van der Waals surface area contributed by atoms with E-state index in [0.29, 0.717) is 0 Å². The SMILES string of the molecule is CC#Cc1ccc(\C=C2/C(=C\C=C\c3ccccc3/C=C\C=C\C)c3ccccc3C23c2ccccc2-c2ccccc23)cc1.CN. The molecule has 0 heterocycles. The van der Waals surface area contributed by atoms with Crippen molar-refractivity contribution in [2.24, 2.45) is 5.73 Å². The second-order valence-electron chi connectivity index (χ2n) is 11.4. The first-order valence-corrected chi connectivity index (χ1v) is 16.1. The highest BCUT2D eigenvalue weighted by Crippen LogP contribution is 2.63. The van der Waals surface area contributed by atoms with Crippen LogP contribution < -0.4 is 5.73 Å². The fraction of sp³-hybridized carbons (Fsp3) is 0.0870. The Hall–Kier alpha value is -5.68. The number of allylic oxidation sites excluding steroid dienone is 7. The Morgan fingerprint density at radius 3 is 1.66 bits per heavy atom. The third-order valence-electron chi connectivity index (χ3n) is 8.87. The van der Waals surface area contributed by atoms with Gasteiger partial charge in [-0.25, -0.2) is 0 Å². The smallest absolute Gasteiger partial charge is 0.0725 e. The lowest BCUT2D eigenvalue weighted by Crippen LogP contribution is -2.25. The number of fused-ring (bicyclic) bond motifs is 7. The molecule has 0 amide bonds. The van der Waals surface area contributed by atoms with E-state index in [1.54, 1.807) is 0 Å². The van der Waals surface area contributed by atoms with Crippen LogP contribution in [0.5, 0.6) is 0 Å². The van der Waals surface area contributed by atoms with Crippen LogP contribution in [0.3, 0.4) is 0 Å². The van der Waals surface area contributed by atoms with Crippen molar-refractivity contribution in [2.75, 3.05) is 7.05 Å². The Morgan fingerprint density at radius 1 is 0.574 bits per heavy atom. The lowest BCUT2D eigenvalue weighted by Gasteiger charge is -2.31. The second-order valence-corrected chi connectivity index (χ2v) is 11.4. The summed E-state index contributed by atoms with van der Waals surface area (Å²) in [6.45, 7) is 3.92. The summed E-state index contributed by atoms with van der Waals surface area (Å²) in [4.78, 5) is 0. The molecule has 5 aromatic rings. The third-order valence-corrected chi connectivity index (χ3v) is 8.87. The summed E-state index contributed by atoms with van der Waals surface area (Å²) >= 11 is 0. The van der Waals surface area contributed by atoms with Gasteiger partial charge in [0, 0.05) is 5.56 Å². The van der Waals surface area contributed by atoms with E-state index in [1.807, 2.05) is 19.9 Å². The minimum absolute atomic E-state index is 0.418. The van der Waals surface area contributed by atoms with Gasteiger partial charge in [-0.15, -0.1) is 5.92 Å². The summed E-state index contributed by atoms with van der Waals surface area (Å²) in [7, 11) is 1.50. The molecule has 47 heavy (non-hydrogen) atoms. The average molecular weight is 606 g/mol. The van der Waals surface area contributed by atoms with Crippen molar-refractivity contribution in [3.63, 3.8) is 0 Å². The van der Waals surface area contributed by atoms with Gasteiger partial charge in [0.2, 0.25) is 0 Å². The molecule has 0 aliphatic heterocycles. The molecule has 0 saturated carbocycles. The second kappa shape index (κ2) is 14.2. The van der Waals surface area contributed by atoms with Gasteiger partial charge >= 0.3 is 0 Å². The molecule has 0 fully saturated rings. The van der Waals surface area contributed by atoms with Crippen LogP contribution in [-0.2, 0) is 5.41 Å². The quantitative estimate of drug-likeness (QED) is 0.157. The fourth-order valence-corrected chi connectivity index (χ4v) is 7.02. The Balaban J connectivity index is 0.00000190. The first-order chi connectivity index (χ1) is 23.3. The highest BCUT2D eigenvalue weighted by Gasteiger charge is 2.52. The van der Waals surface area contributed by atoms with Crippen LogP contribution in [0.25, 0.3) is 34.9 Å². The van der Waals surface area contributed by atoms with Crippen molar-refractivity contribution in [1.29, 1.82) is 0 Å². The van der Waals surface area contributed by atoms with Crippen LogP contribution in [0.1, 0.15) is 58.4 Å². The molecule has 7 rings (SSSR count). The van der Waals surface area contributed by atoms with Crippen LogP contribution in [0.15, 0.2) is 157 Å². The Labute approximate surface area is 279 Å². The molecule has 0 saturated heterocycles. The molecule has 5 aromatic carbocycles. The van der Waals surface area contributed by atoms with E-state index >= 15 is 0 Å². The van der Waals surface area contributed by atoms with Crippen molar-refractivity contribution in [3.05, 3.63) is 202 Å². The molecule has 2 aliphatic carbocycles. The first kappa shape index (κ1) is 31.3. The van der Waals surface area contributed by atoms with Gasteiger partial charge in [0.1, 0.15) is 0 Å². The summed E-state index contributed by atoms with van der Waals surface area (Å²) in [5.41, 5.74) is 19.1. The van der Waals surface area contributed by atoms with Gasteiger partial charge in [-0.05, 0) is 100 Å². The maximum absolute atomic E-state index is 4.50. The van der Waals surface area contributed by atoms with Crippen molar-refractivity contribution < 1.29 is 0 Å². The van der Waals surface area contributed by atoms with E-state index in [1.165, 1.54) is 62.7 Å². The summed E-state index contributed by atoms with van der Waals surface area (Å²) in [5, 5.41) is 0. The summed E-state index contributed by atoms with van der Waals surface area (Å²) in [5.74, 6) is 6.21. The zero-order valence-corrected chi connectivity index (χ0v) is 27.2. The van der Waals surface area contributed by atoms with Crippen LogP contribution in [0.4, 0.5) is 0 Å². The lowest BCUT2D eigenvalue weighted by atomic mass is 9.70. The van der Waals surface area contributed by atoms with E-state index in [2.05, 4.69) is 181 Å². The summed E-state index contributed by atoms with van der Waals surface area (Å²) in [6.07, 6.45) is 17.5. The number of hydrogen-bond acceptors (Lipinski definition) is 1. The molecule has 0 unspecified atom stereocenters. The Bertz CT molecular complexity index is 2070. The monoisotopic (exact) mass is 605 g/mol. The molecule has 0 radical (unpaired) electrons. The number of rotatable bonds is 5. The predicted octanol–water partition coefficient (Wildman–Crippen LogP) is 10.7. The Morgan fingerprint density at radius 2 is 1.09 bits per heavy atom. The summed E-state index contributed by atoms with van der Waals surface area (Å²) in [6, 6.07) is 44.0. The van der Waals surface area contributed by atoms with Crippen molar-refractivity contribution in [3.8, 4) is 23.0 Å². The highest BCUT2D eigenvalue weighted by molar-refractivity contribution is 6.03. The van der Waals surface area contributed by atoms with Gasteiger partial charge in [-0.3, -0.25) is 0 Å². The number of nitrogens with two attached hydrogens (primary N) is 1. The largest absolute Gasteiger partial charge is 0.333 e. The van der Waals surface area contributed by atoms with Gasteiger partial charge in [-0.2, -0.15) is 0 Å². The van der Waals surface area contributed by atoms with Crippen LogP contribution in [0, 0.1) is 11.8 Å². The van der Waals surface area contributed by atoms with Crippen LogP contribution in [-0.4, -0.2) is 7.05 Å². The van der Waals surface area contributed by atoms with Gasteiger partial charge < -0.3 is 5.73 Å². The normalized spacial score (nSPS) is 15.5. The molecule has 228 valence electrons. The van der Waals surface area contributed by atoms with Crippen LogP contribution >= 0.6 is 0 Å². The number of benzene rings is 5. The summed E-state index contributed by atoms with van der Waals surface area (Å²) < 4.78 is 0. The van der Waals surface area contributed by atoms with E-state index in [9.17, 15) is 0 Å². The zero-order chi connectivity index (χ0) is 32.6. The predicted molar refractivity (Wildman–Crippen MR) is 203 cm³/mol. The minimum Gasteiger partial charge on any atom is -0.333 e. The average Bonchev–Trinajstić information content (AvgIpc) is 3.57. The molecule has 0 bridgehead atoms. The van der Waals surface area contributed by atoms with Gasteiger partial charge in [0.05, 0.1) is 5.41 Å². The molecule has 2 N–H and O–H groups in total. The lowest BCUT2D eigenvalue weighted by molar-refractivity contribution is 0.799. The molecule has 0 atom stereocenters. The van der Waals surface area contributed by atoms with Crippen molar-refractivity contribution in [1.82, 2.24) is 0 Å². The van der Waals surface area contributed by atoms with E-state index in [4.69, 9.17) is 0 Å². The molecule has 0 aromatic heterocycles. The Kier molecular flexibility index (Phi) is 9.44. The van der Waals surface area contributed by atoms with Crippen molar-refractivity contribution >= 4 is 23.8 Å². The molecular weight excluding hydrogens is 567 g/mol. The van der Waals surface area contributed by atoms with E-state index < -0.39 is 5.41 Å². The zero-order valence-electron chi connectivity index (χ0n) is 27.2. The minimum atomic E-state index is -0.418. The maximum atomic E-state index is 4.50. The topological polar surface area (TPSA) is 26.0 Å². The van der Waals surface area contributed by atoms with Gasteiger partial charge in [-0.1, -0.05) is 158 Å². The molecular formula is C46H39N. The third kappa shape index (κ3) is 5.66. The van der Waals surface area contributed by atoms with Crippen molar-refractivity contribution in [2.45, 2.75) is 19.3 Å². The van der Waals surface area contributed by atoms with E-state index in [-0.39, 0.29) is 0 Å². The standard InChI is InChI=1S/C45H34.CH5N/c1-3-5-6-17-35-18-7-8-19-36(35)20-15-24-40-39-23-11-14-27-43(39)45(44(40)32-34-30-28-33(16-4-2)29-31-34)41-25-12-9-21-37(41)38-22-10-13-26-42(38)45;1-2/h3,5-15,17-32H,1-2H3;2H2,1H3/b5-3+,17-6-,20-15+,40-24-,44-32+;. The maximum Gasteiger partial charge on any atom is 0.0725 e. The first-order valence-electron chi connectivity index (χ1n) is 16.1. The molecule has 1 spiro atoms. The highest BCUT2D eigenvalue weighted by atomic mass is 14.5. The van der Waals surface area contributed by atoms with Gasteiger partial charge in [0.25, 0.3) is 0 Å². The molecule has 2 aliphatic rings. The number of hydrogen-bond donors (Lipinski definition) is 1. The van der Waals surface area contributed by atoms with Crippen LogP contribution in [0.2, 0.25) is 0 Å². The molecule has 1 heteroatoms. The van der Waals surface area contributed by atoms with Gasteiger partial charge in [0.15, 0.2) is 0 Å². The molecule has 1 nitrogen and oxygen atoms in total. The van der Waals surface area contributed by atoms with E-state index in [0.717, 1.165) is 11.1 Å².